The lowest BCUT2D eigenvalue weighted by atomic mass is 10.3. The van der Waals surface area contributed by atoms with Crippen LogP contribution in [0.3, 0.4) is 0 Å². The predicted molar refractivity (Wildman–Crippen MR) is 81.9 cm³/mol. The van der Waals surface area contributed by atoms with E-state index >= 15 is 0 Å². The Morgan fingerprint density at radius 1 is 1.30 bits per heavy atom. The molecule has 108 valence electrons. The molecule has 0 aliphatic heterocycles. The lowest BCUT2D eigenvalue weighted by Gasteiger charge is -2.09. The van der Waals surface area contributed by atoms with Crippen molar-refractivity contribution >= 4 is 32.7 Å². The standard InChI is InChI=1S/C13H16N2O3S2/c1-3-10-5-7-13(19-10)20(16,17)15-9-4-6-11(14)12(8-9)18-2/h4-8,15H,3,14H2,1-2H3. The van der Waals surface area contributed by atoms with E-state index in [1.54, 1.807) is 24.3 Å². The van der Waals surface area contributed by atoms with Crippen LogP contribution in [-0.4, -0.2) is 15.5 Å². The van der Waals surface area contributed by atoms with Crippen molar-refractivity contribution in [2.24, 2.45) is 0 Å². The fourth-order valence-corrected chi connectivity index (χ4v) is 4.02. The fourth-order valence-electron chi connectivity index (χ4n) is 1.67. The highest BCUT2D eigenvalue weighted by Crippen LogP contribution is 2.28. The first-order valence-corrected chi connectivity index (χ1v) is 8.31. The molecule has 7 heteroatoms. The van der Waals surface area contributed by atoms with Crippen LogP contribution in [0.1, 0.15) is 11.8 Å². The molecule has 0 unspecified atom stereocenters. The molecule has 20 heavy (non-hydrogen) atoms. The number of thiophene rings is 1. The zero-order valence-electron chi connectivity index (χ0n) is 11.2. The van der Waals surface area contributed by atoms with Gasteiger partial charge in [-0.05, 0) is 30.7 Å². The van der Waals surface area contributed by atoms with Gasteiger partial charge in [0.15, 0.2) is 0 Å². The third kappa shape index (κ3) is 3.05. The van der Waals surface area contributed by atoms with Gasteiger partial charge >= 0.3 is 0 Å². The topological polar surface area (TPSA) is 81.4 Å². The largest absolute Gasteiger partial charge is 0.495 e. The number of anilines is 2. The van der Waals surface area contributed by atoms with Crippen molar-refractivity contribution in [3.63, 3.8) is 0 Å². The van der Waals surface area contributed by atoms with E-state index in [2.05, 4.69) is 4.72 Å². The van der Waals surface area contributed by atoms with Crippen molar-refractivity contribution in [1.82, 2.24) is 0 Å². The summed E-state index contributed by atoms with van der Waals surface area (Å²) in [5, 5.41) is 0. The molecular formula is C13H16N2O3S2. The highest BCUT2D eigenvalue weighted by molar-refractivity contribution is 7.94. The maximum Gasteiger partial charge on any atom is 0.271 e. The quantitative estimate of drug-likeness (QED) is 0.832. The summed E-state index contributed by atoms with van der Waals surface area (Å²) >= 11 is 1.27. The highest BCUT2D eigenvalue weighted by atomic mass is 32.2. The highest BCUT2D eigenvalue weighted by Gasteiger charge is 2.17. The SMILES string of the molecule is CCc1ccc(S(=O)(=O)Nc2ccc(N)c(OC)c2)s1. The molecule has 0 aliphatic rings. The molecule has 0 bridgehead atoms. The zero-order valence-corrected chi connectivity index (χ0v) is 12.8. The first-order chi connectivity index (χ1) is 9.46. The van der Waals surface area contributed by atoms with Crippen LogP contribution < -0.4 is 15.2 Å². The van der Waals surface area contributed by atoms with Gasteiger partial charge in [0.05, 0.1) is 18.5 Å². The normalized spacial score (nSPS) is 11.3. The van der Waals surface area contributed by atoms with Crippen molar-refractivity contribution in [3.05, 3.63) is 35.2 Å². The number of benzene rings is 1. The molecular weight excluding hydrogens is 296 g/mol. The third-order valence-corrected chi connectivity index (χ3v) is 5.84. The monoisotopic (exact) mass is 312 g/mol. The molecule has 5 nitrogen and oxygen atoms in total. The average Bonchev–Trinajstić information content (AvgIpc) is 2.90. The van der Waals surface area contributed by atoms with Crippen LogP contribution in [0.25, 0.3) is 0 Å². The molecule has 2 rings (SSSR count). The minimum Gasteiger partial charge on any atom is -0.495 e. The van der Waals surface area contributed by atoms with Crippen molar-refractivity contribution in [2.75, 3.05) is 17.6 Å². The van der Waals surface area contributed by atoms with Crippen molar-refractivity contribution < 1.29 is 13.2 Å². The van der Waals surface area contributed by atoms with Crippen LogP contribution in [0, 0.1) is 0 Å². The van der Waals surface area contributed by atoms with Gasteiger partial charge in [0, 0.05) is 10.9 Å². The Morgan fingerprint density at radius 3 is 2.65 bits per heavy atom. The molecule has 1 heterocycles. The number of rotatable bonds is 5. The van der Waals surface area contributed by atoms with Crippen LogP contribution >= 0.6 is 11.3 Å². The molecule has 0 amide bonds. The van der Waals surface area contributed by atoms with Crippen LogP contribution in [0.15, 0.2) is 34.5 Å². The van der Waals surface area contributed by atoms with Gasteiger partial charge in [-0.2, -0.15) is 0 Å². The average molecular weight is 312 g/mol. The van der Waals surface area contributed by atoms with E-state index < -0.39 is 10.0 Å². The van der Waals surface area contributed by atoms with E-state index in [1.807, 2.05) is 13.0 Å². The summed E-state index contributed by atoms with van der Waals surface area (Å²) in [6.07, 6.45) is 0.815. The van der Waals surface area contributed by atoms with Crippen molar-refractivity contribution in [2.45, 2.75) is 17.6 Å². The van der Waals surface area contributed by atoms with E-state index in [0.29, 0.717) is 21.3 Å². The molecule has 0 fully saturated rings. The first-order valence-electron chi connectivity index (χ1n) is 6.01. The number of hydrogen-bond acceptors (Lipinski definition) is 5. The van der Waals surface area contributed by atoms with Crippen LogP contribution in [0.5, 0.6) is 5.75 Å². The number of nitrogens with one attached hydrogen (secondary N) is 1. The number of aryl methyl sites for hydroxylation is 1. The smallest absolute Gasteiger partial charge is 0.271 e. The number of sulfonamides is 1. The van der Waals surface area contributed by atoms with Gasteiger partial charge in [0.1, 0.15) is 9.96 Å². The number of nitrogen functional groups attached to an aromatic ring is 1. The second-order valence-corrected chi connectivity index (χ2v) is 7.21. The summed E-state index contributed by atoms with van der Waals surface area (Å²) < 4.78 is 32.4. The Hall–Kier alpha value is -1.73. The van der Waals surface area contributed by atoms with Gasteiger partial charge in [-0.15, -0.1) is 11.3 Å². The number of nitrogens with two attached hydrogens (primary N) is 1. The summed E-state index contributed by atoms with van der Waals surface area (Å²) in [5.74, 6) is 0.436. The van der Waals surface area contributed by atoms with E-state index in [-0.39, 0.29) is 0 Å². The molecule has 1 aromatic carbocycles. The molecule has 2 aromatic rings. The molecule has 3 N–H and O–H groups in total. The van der Waals surface area contributed by atoms with Crippen LogP contribution in [0.2, 0.25) is 0 Å². The summed E-state index contributed by atoms with van der Waals surface area (Å²) in [7, 11) is -2.09. The molecule has 0 saturated heterocycles. The lowest BCUT2D eigenvalue weighted by molar-refractivity contribution is 0.417. The number of methoxy groups -OCH3 is 1. The Kier molecular flexibility index (Phi) is 4.20. The Labute approximate surface area is 122 Å². The third-order valence-electron chi connectivity index (χ3n) is 2.74. The summed E-state index contributed by atoms with van der Waals surface area (Å²) in [6, 6.07) is 8.19. The fraction of sp³-hybridized carbons (Fsp3) is 0.231. The van der Waals surface area contributed by atoms with Gasteiger partial charge < -0.3 is 10.5 Å². The summed E-state index contributed by atoms with van der Waals surface area (Å²) in [6.45, 7) is 1.99. The van der Waals surface area contributed by atoms with Crippen molar-refractivity contribution in [3.8, 4) is 5.75 Å². The van der Waals surface area contributed by atoms with E-state index in [9.17, 15) is 8.42 Å². The Bertz CT molecular complexity index is 708. The zero-order chi connectivity index (χ0) is 14.8. The van der Waals surface area contributed by atoms with Gasteiger partial charge in [0.25, 0.3) is 10.0 Å². The van der Waals surface area contributed by atoms with Crippen LogP contribution in [-0.2, 0) is 16.4 Å². The lowest BCUT2D eigenvalue weighted by Crippen LogP contribution is -2.11. The van der Waals surface area contributed by atoms with E-state index in [0.717, 1.165) is 11.3 Å². The minimum absolute atomic E-state index is 0.296. The maximum absolute atomic E-state index is 12.2. The molecule has 0 atom stereocenters. The van der Waals surface area contributed by atoms with Gasteiger partial charge in [-0.25, -0.2) is 8.42 Å². The van der Waals surface area contributed by atoms with Crippen LogP contribution in [0.4, 0.5) is 11.4 Å². The van der Waals surface area contributed by atoms with E-state index in [4.69, 9.17) is 10.5 Å². The van der Waals surface area contributed by atoms with Gasteiger partial charge in [-0.3, -0.25) is 4.72 Å². The summed E-state index contributed by atoms with van der Waals surface area (Å²) in [5.41, 5.74) is 6.57. The van der Waals surface area contributed by atoms with Gasteiger partial charge in [-0.1, -0.05) is 6.92 Å². The second-order valence-electron chi connectivity index (χ2n) is 4.14. The predicted octanol–water partition coefficient (Wildman–Crippen LogP) is 2.70. The molecule has 1 aromatic heterocycles. The molecule has 0 aliphatic carbocycles. The second kappa shape index (κ2) is 5.72. The molecule has 0 saturated carbocycles. The minimum atomic E-state index is -3.57. The summed E-state index contributed by atoms with van der Waals surface area (Å²) in [4.78, 5) is 1.03. The first kappa shape index (κ1) is 14.7. The molecule has 0 spiro atoms. The number of hydrogen-bond donors (Lipinski definition) is 2. The maximum atomic E-state index is 12.2. The number of ether oxygens (including phenoxy) is 1. The molecule has 0 radical (unpaired) electrons. The van der Waals surface area contributed by atoms with Crippen molar-refractivity contribution in [1.29, 1.82) is 0 Å². The Balaban J connectivity index is 2.28. The van der Waals surface area contributed by atoms with Gasteiger partial charge in [0.2, 0.25) is 0 Å². The van der Waals surface area contributed by atoms with E-state index in [1.165, 1.54) is 18.4 Å². The Morgan fingerprint density at radius 2 is 2.05 bits per heavy atom.